The molecule has 2 aromatic carbocycles. The van der Waals surface area contributed by atoms with E-state index in [9.17, 15) is 13.2 Å². The number of halogens is 1. The first kappa shape index (κ1) is 24.7. The SMILES string of the molecule is COc1ccc(-n2nnc(C(=O)NS(=O)(=O)c3cc(C(C)C)ccc3C(C)C)c2C)c(Cl)c1. The molecular formula is C23H27ClN4O4S. The zero-order valence-corrected chi connectivity index (χ0v) is 21.0. The van der Waals surface area contributed by atoms with Crippen molar-refractivity contribution < 1.29 is 17.9 Å². The summed E-state index contributed by atoms with van der Waals surface area (Å²) in [5, 5.41) is 8.24. The topological polar surface area (TPSA) is 103 Å². The Bertz CT molecular complexity index is 1300. The average Bonchev–Trinajstić information content (AvgIpc) is 3.13. The Kier molecular flexibility index (Phi) is 7.14. The van der Waals surface area contributed by atoms with Gasteiger partial charge in [-0.15, -0.1) is 5.10 Å². The summed E-state index contributed by atoms with van der Waals surface area (Å²) in [7, 11) is -2.62. The van der Waals surface area contributed by atoms with E-state index in [-0.39, 0.29) is 22.4 Å². The molecule has 0 aliphatic carbocycles. The van der Waals surface area contributed by atoms with Crippen LogP contribution >= 0.6 is 11.6 Å². The van der Waals surface area contributed by atoms with Crippen molar-refractivity contribution in [3.05, 3.63) is 63.9 Å². The third-order valence-corrected chi connectivity index (χ3v) is 7.02. The van der Waals surface area contributed by atoms with E-state index >= 15 is 0 Å². The number of sulfonamides is 1. The molecule has 176 valence electrons. The van der Waals surface area contributed by atoms with Gasteiger partial charge in [0.2, 0.25) is 0 Å². The molecule has 1 aromatic heterocycles. The summed E-state index contributed by atoms with van der Waals surface area (Å²) in [6.45, 7) is 9.37. The second-order valence-electron chi connectivity index (χ2n) is 8.29. The Labute approximate surface area is 199 Å². The molecule has 0 fully saturated rings. The summed E-state index contributed by atoms with van der Waals surface area (Å²) < 4.78 is 35.1. The van der Waals surface area contributed by atoms with Crippen LogP contribution in [0.5, 0.6) is 5.75 Å². The second kappa shape index (κ2) is 9.52. The highest BCUT2D eigenvalue weighted by Gasteiger charge is 2.27. The van der Waals surface area contributed by atoms with Crippen molar-refractivity contribution in [1.82, 2.24) is 19.7 Å². The number of amides is 1. The molecule has 0 spiro atoms. The van der Waals surface area contributed by atoms with Gasteiger partial charge in [0.25, 0.3) is 15.9 Å². The number of carbonyl (C=O) groups excluding carboxylic acids is 1. The number of nitrogens with zero attached hydrogens (tertiary/aromatic N) is 3. The first-order chi connectivity index (χ1) is 15.5. The monoisotopic (exact) mass is 490 g/mol. The van der Waals surface area contributed by atoms with Crippen LogP contribution in [0, 0.1) is 6.92 Å². The van der Waals surface area contributed by atoms with Crippen LogP contribution in [0.15, 0.2) is 41.3 Å². The summed E-state index contributed by atoms with van der Waals surface area (Å²) >= 11 is 6.31. The molecule has 0 atom stereocenters. The van der Waals surface area contributed by atoms with Crippen LogP contribution in [0.4, 0.5) is 0 Å². The van der Waals surface area contributed by atoms with Crippen molar-refractivity contribution in [2.45, 2.75) is 51.3 Å². The molecule has 3 aromatic rings. The van der Waals surface area contributed by atoms with Crippen molar-refractivity contribution in [3.8, 4) is 11.4 Å². The van der Waals surface area contributed by atoms with Crippen LogP contribution in [-0.2, 0) is 10.0 Å². The normalized spacial score (nSPS) is 11.8. The van der Waals surface area contributed by atoms with Crippen LogP contribution in [0.25, 0.3) is 5.69 Å². The Morgan fingerprint density at radius 3 is 2.36 bits per heavy atom. The van der Waals surface area contributed by atoms with Crippen molar-refractivity contribution in [1.29, 1.82) is 0 Å². The number of hydrogen-bond acceptors (Lipinski definition) is 6. The van der Waals surface area contributed by atoms with Gasteiger partial charge in [-0.25, -0.2) is 17.8 Å². The number of nitrogens with one attached hydrogen (secondary N) is 1. The zero-order chi connectivity index (χ0) is 24.5. The van der Waals surface area contributed by atoms with E-state index in [4.69, 9.17) is 16.3 Å². The number of hydrogen-bond donors (Lipinski definition) is 1. The van der Waals surface area contributed by atoms with Gasteiger partial charge < -0.3 is 4.74 Å². The number of rotatable bonds is 7. The Morgan fingerprint density at radius 2 is 1.79 bits per heavy atom. The van der Waals surface area contributed by atoms with Crippen LogP contribution in [0.1, 0.15) is 66.8 Å². The van der Waals surface area contributed by atoms with E-state index in [1.54, 1.807) is 37.3 Å². The Morgan fingerprint density at radius 1 is 1.09 bits per heavy atom. The lowest BCUT2D eigenvalue weighted by molar-refractivity contribution is 0.0976. The number of benzene rings is 2. The quantitative estimate of drug-likeness (QED) is 0.519. The number of methoxy groups -OCH3 is 1. The smallest absolute Gasteiger partial charge is 0.287 e. The van der Waals surface area contributed by atoms with E-state index in [0.717, 1.165) is 5.56 Å². The maximum Gasteiger partial charge on any atom is 0.287 e. The first-order valence-corrected chi connectivity index (χ1v) is 12.3. The van der Waals surface area contributed by atoms with E-state index in [1.165, 1.54) is 11.8 Å². The summed E-state index contributed by atoms with van der Waals surface area (Å²) in [6, 6.07) is 10.3. The Hall–Kier alpha value is -2.91. The number of ether oxygens (including phenoxy) is 1. The summed E-state index contributed by atoms with van der Waals surface area (Å²) in [5.74, 6) is -0.219. The summed E-state index contributed by atoms with van der Waals surface area (Å²) in [4.78, 5) is 13.0. The maximum absolute atomic E-state index is 13.2. The molecule has 33 heavy (non-hydrogen) atoms. The van der Waals surface area contributed by atoms with E-state index in [0.29, 0.717) is 27.7 Å². The van der Waals surface area contributed by atoms with Gasteiger partial charge in [-0.05, 0) is 48.1 Å². The van der Waals surface area contributed by atoms with Crippen LogP contribution < -0.4 is 9.46 Å². The number of aromatic nitrogens is 3. The van der Waals surface area contributed by atoms with Crippen molar-refractivity contribution >= 4 is 27.5 Å². The third kappa shape index (κ3) is 5.04. The van der Waals surface area contributed by atoms with Gasteiger partial charge >= 0.3 is 0 Å². The largest absolute Gasteiger partial charge is 0.497 e. The highest BCUT2D eigenvalue weighted by Crippen LogP contribution is 2.29. The predicted molar refractivity (Wildman–Crippen MR) is 127 cm³/mol. The molecule has 0 radical (unpaired) electrons. The lowest BCUT2D eigenvalue weighted by Crippen LogP contribution is -2.32. The minimum atomic E-state index is -4.15. The molecule has 1 N–H and O–H groups in total. The summed E-state index contributed by atoms with van der Waals surface area (Å²) in [6.07, 6.45) is 0. The van der Waals surface area contributed by atoms with Crippen molar-refractivity contribution in [3.63, 3.8) is 0 Å². The minimum absolute atomic E-state index is 0.0484. The fourth-order valence-corrected chi connectivity index (χ4v) is 5.01. The number of carbonyl (C=O) groups is 1. The lowest BCUT2D eigenvalue weighted by atomic mass is 9.97. The highest BCUT2D eigenvalue weighted by atomic mass is 35.5. The average molecular weight is 491 g/mol. The summed E-state index contributed by atoms with van der Waals surface area (Å²) in [5.41, 5.74) is 2.20. The van der Waals surface area contributed by atoms with Gasteiger partial charge in [-0.2, -0.15) is 0 Å². The first-order valence-electron chi connectivity index (χ1n) is 10.4. The fraction of sp³-hybridized carbons (Fsp3) is 0.348. The van der Waals surface area contributed by atoms with Crippen LogP contribution in [-0.4, -0.2) is 36.4 Å². The molecule has 8 nitrogen and oxygen atoms in total. The molecule has 0 saturated heterocycles. The molecule has 0 unspecified atom stereocenters. The second-order valence-corrected chi connectivity index (χ2v) is 10.4. The van der Waals surface area contributed by atoms with E-state index < -0.39 is 15.9 Å². The fourth-order valence-electron chi connectivity index (χ4n) is 3.40. The van der Waals surface area contributed by atoms with Gasteiger partial charge in [0.1, 0.15) is 5.75 Å². The molecule has 0 bridgehead atoms. The molecule has 3 rings (SSSR count). The van der Waals surface area contributed by atoms with Gasteiger partial charge in [0, 0.05) is 6.07 Å². The minimum Gasteiger partial charge on any atom is -0.497 e. The molecule has 0 saturated carbocycles. The van der Waals surface area contributed by atoms with Gasteiger partial charge in [0.15, 0.2) is 5.69 Å². The molecular weight excluding hydrogens is 464 g/mol. The molecule has 1 heterocycles. The molecule has 10 heteroatoms. The van der Waals surface area contributed by atoms with E-state index in [1.807, 2.05) is 33.8 Å². The Balaban J connectivity index is 1.96. The lowest BCUT2D eigenvalue weighted by Gasteiger charge is -2.16. The van der Waals surface area contributed by atoms with E-state index in [2.05, 4.69) is 15.0 Å². The third-order valence-electron chi connectivity index (χ3n) is 5.34. The van der Waals surface area contributed by atoms with Gasteiger partial charge in [-0.3, -0.25) is 4.79 Å². The zero-order valence-electron chi connectivity index (χ0n) is 19.4. The van der Waals surface area contributed by atoms with Gasteiger partial charge in [0.05, 0.1) is 28.4 Å². The molecule has 0 aliphatic heterocycles. The van der Waals surface area contributed by atoms with Crippen molar-refractivity contribution in [2.24, 2.45) is 0 Å². The standard InChI is InChI=1S/C23H27ClN4O4S/c1-13(2)16-7-9-18(14(3)4)21(11-16)33(30,31)26-23(29)22-15(5)28(27-25-22)20-10-8-17(32-6)12-19(20)24/h7-14H,1-6H3,(H,26,29). The predicted octanol–water partition coefficient (Wildman–Crippen LogP) is 4.60. The molecule has 0 aliphatic rings. The molecule has 1 amide bonds. The maximum atomic E-state index is 13.2. The van der Waals surface area contributed by atoms with Gasteiger partial charge in [-0.1, -0.05) is 56.6 Å². The highest BCUT2D eigenvalue weighted by molar-refractivity contribution is 7.90. The van der Waals surface area contributed by atoms with Crippen molar-refractivity contribution in [2.75, 3.05) is 7.11 Å². The van der Waals surface area contributed by atoms with Crippen LogP contribution in [0.3, 0.4) is 0 Å². The van der Waals surface area contributed by atoms with Crippen LogP contribution in [0.2, 0.25) is 5.02 Å².